The number of aromatic amines is 1. The number of hydrogen-bond acceptors (Lipinski definition) is 2. The highest BCUT2D eigenvalue weighted by atomic mass is 16.1. The van der Waals surface area contributed by atoms with Crippen LogP contribution in [-0.4, -0.2) is 15.9 Å². The zero-order chi connectivity index (χ0) is 28.8. The number of carbonyl (C=O) groups excluding carboxylic acids is 1. The third-order valence-corrected chi connectivity index (χ3v) is 11.3. The number of nitrogens with one attached hydrogen (secondary N) is 2. The van der Waals surface area contributed by atoms with Crippen LogP contribution in [0.5, 0.6) is 0 Å². The third-order valence-electron chi connectivity index (χ3n) is 11.3. The largest absolute Gasteiger partial charge is 0.342 e. The molecule has 4 aliphatic carbocycles. The molecule has 4 aromatic rings. The third kappa shape index (κ3) is 4.93. The summed E-state index contributed by atoms with van der Waals surface area (Å²) < 4.78 is 0. The van der Waals surface area contributed by atoms with Gasteiger partial charge in [-0.25, -0.2) is 4.98 Å². The lowest BCUT2D eigenvalue weighted by molar-refractivity contribution is -0.119. The van der Waals surface area contributed by atoms with Crippen molar-refractivity contribution in [1.82, 2.24) is 9.97 Å². The molecule has 1 aromatic heterocycles. The van der Waals surface area contributed by atoms with E-state index in [0.29, 0.717) is 11.3 Å². The molecule has 220 valence electrons. The topological polar surface area (TPSA) is 57.8 Å². The molecule has 4 nitrogen and oxygen atoms in total. The van der Waals surface area contributed by atoms with E-state index in [1.54, 1.807) is 5.56 Å². The lowest BCUT2D eigenvalue weighted by Crippen LogP contribution is -2.20. The normalized spacial score (nSPS) is 19.8. The summed E-state index contributed by atoms with van der Waals surface area (Å²) in [4.78, 5) is 21.3. The summed E-state index contributed by atoms with van der Waals surface area (Å²) >= 11 is 0. The van der Waals surface area contributed by atoms with Gasteiger partial charge in [0.2, 0.25) is 5.91 Å². The van der Waals surface area contributed by atoms with E-state index in [4.69, 9.17) is 4.98 Å². The first-order valence-corrected chi connectivity index (χ1v) is 16.9. The lowest BCUT2D eigenvalue weighted by atomic mass is 9.76. The number of H-pyrrole nitrogens is 1. The van der Waals surface area contributed by atoms with Gasteiger partial charge in [-0.05, 0) is 108 Å². The van der Waals surface area contributed by atoms with E-state index < -0.39 is 0 Å². The Labute approximate surface area is 255 Å². The van der Waals surface area contributed by atoms with Gasteiger partial charge in [0.15, 0.2) is 0 Å². The number of benzene rings is 3. The van der Waals surface area contributed by atoms with Gasteiger partial charge < -0.3 is 10.3 Å². The number of nitrogens with zero attached hydrogens (tertiary/aromatic N) is 1. The van der Waals surface area contributed by atoms with Gasteiger partial charge in [-0.15, -0.1) is 0 Å². The zero-order valence-corrected chi connectivity index (χ0v) is 25.3. The quantitative estimate of drug-likeness (QED) is 0.243. The Balaban J connectivity index is 1.12. The maximum atomic E-state index is 12.9. The number of anilines is 1. The summed E-state index contributed by atoms with van der Waals surface area (Å²) in [6.07, 6.45) is 19.2. The van der Waals surface area contributed by atoms with Crippen LogP contribution in [0.15, 0.2) is 66.9 Å². The number of imidazole rings is 1. The molecule has 1 spiro atoms. The molecule has 0 radical (unpaired) electrons. The standard InChI is InChI=1S/C39H43N3O/c43-38(29-10-3-4-11-29)41-31-13-7-12-30(24-31)32-18-19-33(36-34(32)20-23-39(36)21-5-6-22-39)26-14-16-27(17-15-26)35-25-40-37(42-35)28-8-1-2-9-28/h7,12-19,24-25,28-29H,1-6,8-11,20-23H2,(H,40,42)(H,41,43). The van der Waals surface area contributed by atoms with E-state index in [-0.39, 0.29) is 11.8 Å². The molecule has 4 aliphatic rings. The van der Waals surface area contributed by atoms with Crippen molar-refractivity contribution < 1.29 is 4.79 Å². The second-order valence-electron chi connectivity index (χ2n) is 13.8. The molecule has 0 saturated heterocycles. The van der Waals surface area contributed by atoms with Crippen molar-refractivity contribution in [3.8, 4) is 33.5 Å². The molecular weight excluding hydrogens is 526 g/mol. The number of rotatable bonds is 6. The molecule has 1 amide bonds. The van der Waals surface area contributed by atoms with Crippen molar-refractivity contribution in [2.45, 2.75) is 101 Å². The minimum atomic E-state index is 0.170. The van der Waals surface area contributed by atoms with Gasteiger partial charge in [-0.3, -0.25) is 4.79 Å². The van der Waals surface area contributed by atoms with Gasteiger partial charge in [0.05, 0.1) is 11.9 Å². The highest BCUT2D eigenvalue weighted by molar-refractivity contribution is 5.93. The zero-order valence-electron chi connectivity index (χ0n) is 25.3. The molecule has 1 heterocycles. The monoisotopic (exact) mass is 569 g/mol. The average Bonchev–Trinajstić information content (AvgIpc) is 3.89. The predicted octanol–water partition coefficient (Wildman–Crippen LogP) is 9.95. The first-order valence-electron chi connectivity index (χ1n) is 16.9. The SMILES string of the molecule is O=C(Nc1cccc(-c2ccc(-c3ccc(-c4cnc(C5CCCC5)[nH]4)cc3)c3c2CCC32CCCC2)c1)C1CCCC1. The molecule has 2 N–H and O–H groups in total. The Bertz CT molecular complexity index is 1630. The second-order valence-corrected chi connectivity index (χ2v) is 13.8. The highest BCUT2D eigenvalue weighted by Crippen LogP contribution is 2.55. The van der Waals surface area contributed by atoms with Gasteiger partial charge in [-0.2, -0.15) is 0 Å². The van der Waals surface area contributed by atoms with E-state index in [0.717, 1.165) is 36.5 Å². The Kier molecular flexibility index (Phi) is 6.96. The Morgan fingerprint density at radius 2 is 1.49 bits per heavy atom. The molecule has 0 bridgehead atoms. The van der Waals surface area contributed by atoms with Gasteiger partial charge >= 0.3 is 0 Å². The highest BCUT2D eigenvalue weighted by Gasteiger charge is 2.43. The molecule has 3 saturated carbocycles. The maximum absolute atomic E-state index is 12.9. The number of amides is 1. The van der Waals surface area contributed by atoms with Crippen LogP contribution in [0.25, 0.3) is 33.5 Å². The van der Waals surface area contributed by atoms with Crippen LogP contribution in [0, 0.1) is 5.92 Å². The Morgan fingerprint density at radius 1 is 0.767 bits per heavy atom. The van der Waals surface area contributed by atoms with Gasteiger partial charge in [0.25, 0.3) is 0 Å². The van der Waals surface area contributed by atoms with E-state index >= 15 is 0 Å². The van der Waals surface area contributed by atoms with Crippen LogP contribution in [0.3, 0.4) is 0 Å². The minimum absolute atomic E-state index is 0.170. The van der Waals surface area contributed by atoms with Crippen LogP contribution < -0.4 is 5.32 Å². The van der Waals surface area contributed by atoms with Crippen molar-refractivity contribution in [1.29, 1.82) is 0 Å². The molecule has 0 atom stereocenters. The fourth-order valence-corrected chi connectivity index (χ4v) is 8.98. The van der Waals surface area contributed by atoms with E-state index in [1.165, 1.54) is 104 Å². The van der Waals surface area contributed by atoms with Gasteiger partial charge in [0.1, 0.15) is 5.82 Å². The number of fused-ring (bicyclic) bond motifs is 2. The van der Waals surface area contributed by atoms with E-state index in [1.807, 2.05) is 12.3 Å². The molecule has 43 heavy (non-hydrogen) atoms. The summed E-state index contributed by atoms with van der Waals surface area (Å²) in [5.41, 5.74) is 12.0. The van der Waals surface area contributed by atoms with Crippen molar-refractivity contribution in [3.05, 3.63) is 83.8 Å². The number of aromatic nitrogens is 2. The second kappa shape index (κ2) is 11.1. The number of hydrogen-bond donors (Lipinski definition) is 2. The van der Waals surface area contributed by atoms with Crippen molar-refractivity contribution in [2.24, 2.45) is 5.92 Å². The minimum Gasteiger partial charge on any atom is -0.342 e. The smallest absolute Gasteiger partial charge is 0.227 e. The van der Waals surface area contributed by atoms with Gasteiger partial charge in [0, 0.05) is 17.5 Å². The summed E-state index contributed by atoms with van der Waals surface area (Å²) in [6.45, 7) is 0. The first-order chi connectivity index (χ1) is 21.2. The maximum Gasteiger partial charge on any atom is 0.227 e. The Morgan fingerprint density at radius 3 is 2.28 bits per heavy atom. The summed E-state index contributed by atoms with van der Waals surface area (Å²) in [6, 6.07) is 22.5. The molecular formula is C39H43N3O. The molecule has 0 unspecified atom stereocenters. The fourth-order valence-electron chi connectivity index (χ4n) is 8.98. The first kappa shape index (κ1) is 26.9. The van der Waals surface area contributed by atoms with Crippen LogP contribution >= 0.6 is 0 Å². The molecule has 3 aromatic carbocycles. The van der Waals surface area contributed by atoms with Crippen LogP contribution in [0.4, 0.5) is 5.69 Å². The molecule has 8 rings (SSSR count). The number of carbonyl (C=O) groups is 1. The van der Waals surface area contributed by atoms with Crippen molar-refractivity contribution in [2.75, 3.05) is 5.32 Å². The predicted molar refractivity (Wildman–Crippen MR) is 175 cm³/mol. The summed E-state index contributed by atoms with van der Waals surface area (Å²) in [5.74, 6) is 2.12. The Hall–Kier alpha value is -3.66. The lowest BCUT2D eigenvalue weighted by Gasteiger charge is -2.28. The van der Waals surface area contributed by atoms with Crippen LogP contribution in [0.1, 0.15) is 106 Å². The molecule has 0 aliphatic heterocycles. The van der Waals surface area contributed by atoms with Gasteiger partial charge in [-0.1, -0.05) is 87.1 Å². The van der Waals surface area contributed by atoms with E-state index in [9.17, 15) is 4.79 Å². The fraction of sp³-hybridized carbons (Fsp3) is 0.436. The molecule has 3 fully saturated rings. The van der Waals surface area contributed by atoms with Crippen molar-refractivity contribution in [3.63, 3.8) is 0 Å². The van der Waals surface area contributed by atoms with Crippen LogP contribution in [-0.2, 0) is 16.6 Å². The molecule has 4 heteroatoms. The summed E-state index contributed by atoms with van der Waals surface area (Å²) in [5, 5.41) is 3.24. The average molecular weight is 570 g/mol. The van der Waals surface area contributed by atoms with E-state index in [2.05, 4.69) is 64.9 Å². The summed E-state index contributed by atoms with van der Waals surface area (Å²) in [7, 11) is 0. The van der Waals surface area contributed by atoms with Crippen molar-refractivity contribution >= 4 is 11.6 Å². The van der Waals surface area contributed by atoms with Crippen LogP contribution in [0.2, 0.25) is 0 Å².